The molecule has 0 radical (unpaired) electrons. The molecule has 4 heteroatoms. The van der Waals surface area contributed by atoms with E-state index in [1.54, 1.807) is 14.2 Å². The summed E-state index contributed by atoms with van der Waals surface area (Å²) in [7, 11) is 3.32. The Morgan fingerprint density at radius 3 is 2.72 bits per heavy atom. The average molecular weight is 250 g/mol. The fraction of sp³-hybridized carbons (Fsp3) is 0.571. The minimum atomic E-state index is 0.318. The van der Waals surface area contributed by atoms with Crippen LogP contribution in [-0.4, -0.2) is 38.3 Å². The quantitative estimate of drug-likeness (QED) is 0.882. The SMILES string of the molecule is COc1ccc(CN2CCCC(N)C2)cc1OC. The molecule has 0 bridgehead atoms. The first-order valence-electron chi connectivity index (χ1n) is 6.41. The van der Waals surface area contributed by atoms with Gasteiger partial charge < -0.3 is 15.2 Å². The van der Waals surface area contributed by atoms with Gasteiger partial charge in [0.05, 0.1) is 14.2 Å². The summed E-state index contributed by atoms with van der Waals surface area (Å²) in [5.41, 5.74) is 7.23. The summed E-state index contributed by atoms with van der Waals surface area (Å²) in [6.45, 7) is 3.03. The summed E-state index contributed by atoms with van der Waals surface area (Å²) < 4.78 is 10.6. The topological polar surface area (TPSA) is 47.7 Å². The lowest BCUT2D eigenvalue weighted by Crippen LogP contribution is -2.42. The molecule has 0 aliphatic carbocycles. The first-order chi connectivity index (χ1) is 8.72. The highest BCUT2D eigenvalue weighted by molar-refractivity contribution is 5.42. The number of ether oxygens (including phenoxy) is 2. The number of piperidine rings is 1. The van der Waals surface area contributed by atoms with Crippen molar-refractivity contribution >= 4 is 0 Å². The molecule has 1 aliphatic heterocycles. The summed E-state index contributed by atoms with van der Waals surface area (Å²) in [6.07, 6.45) is 2.33. The second-order valence-corrected chi connectivity index (χ2v) is 4.83. The Morgan fingerprint density at radius 2 is 2.06 bits per heavy atom. The second-order valence-electron chi connectivity index (χ2n) is 4.83. The van der Waals surface area contributed by atoms with E-state index >= 15 is 0 Å². The lowest BCUT2D eigenvalue weighted by Gasteiger charge is -2.30. The molecule has 18 heavy (non-hydrogen) atoms. The zero-order valence-electron chi connectivity index (χ0n) is 11.2. The number of likely N-dealkylation sites (tertiary alicyclic amines) is 1. The molecule has 4 nitrogen and oxygen atoms in total. The molecule has 0 aromatic heterocycles. The van der Waals surface area contributed by atoms with E-state index < -0.39 is 0 Å². The monoisotopic (exact) mass is 250 g/mol. The van der Waals surface area contributed by atoms with Crippen LogP contribution in [0.4, 0.5) is 0 Å². The maximum Gasteiger partial charge on any atom is 0.161 e. The van der Waals surface area contributed by atoms with E-state index in [1.165, 1.54) is 12.0 Å². The van der Waals surface area contributed by atoms with Gasteiger partial charge >= 0.3 is 0 Å². The Morgan fingerprint density at radius 1 is 1.28 bits per heavy atom. The summed E-state index contributed by atoms with van der Waals surface area (Å²) in [5, 5.41) is 0. The van der Waals surface area contributed by atoms with Crippen LogP contribution in [0, 0.1) is 0 Å². The minimum Gasteiger partial charge on any atom is -0.493 e. The van der Waals surface area contributed by atoms with Gasteiger partial charge in [-0.05, 0) is 37.1 Å². The molecule has 0 saturated carbocycles. The van der Waals surface area contributed by atoms with Crippen molar-refractivity contribution in [3.63, 3.8) is 0 Å². The van der Waals surface area contributed by atoms with Gasteiger partial charge in [0, 0.05) is 19.1 Å². The van der Waals surface area contributed by atoms with Gasteiger partial charge in [0.15, 0.2) is 11.5 Å². The zero-order chi connectivity index (χ0) is 13.0. The van der Waals surface area contributed by atoms with Crippen molar-refractivity contribution in [3.8, 4) is 11.5 Å². The molecule has 2 rings (SSSR count). The van der Waals surface area contributed by atoms with Crippen molar-refractivity contribution in [3.05, 3.63) is 23.8 Å². The van der Waals surface area contributed by atoms with Gasteiger partial charge in [-0.15, -0.1) is 0 Å². The van der Waals surface area contributed by atoms with Crippen LogP contribution in [0.25, 0.3) is 0 Å². The van der Waals surface area contributed by atoms with Crippen LogP contribution in [0.15, 0.2) is 18.2 Å². The van der Waals surface area contributed by atoms with Crippen molar-refractivity contribution in [1.29, 1.82) is 0 Å². The van der Waals surface area contributed by atoms with Crippen molar-refractivity contribution < 1.29 is 9.47 Å². The van der Waals surface area contributed by atoms with Crippen LogP contribution in [0.2, 0.25) is 0 Å². The average Bonchev–Trinajstić information content (AvgIpc) is 2.38. The van der Waals surface area contributed by atoms with Crippen LogP contribution in [0.5, 0.6) is 11.5 Å². The van der Waals surface area contributed by atoms with Gasteiger partial charge in [0.2, 0.25) is 0 Å². The maximum atomic E-state index is 5.99. The van der Waals surface area contributed by atoms with Crippen molar-refractivity contribution in [2.45, 2.75) is 25.4 Å². The van der Waals surface area contributed by atoms with Crippen molar-refractivity contribution in [1.82, 2.24) is 4.90 Å². The number of methoxy groups -OCH3 is 2. The number of nitrogens with two attached hydrogens (primary N) is 1. The zero-order valence-corrected chi connectivity index (χ0v) is 11.2. The molecule has 1 saturated heterocycles. The van der Waals surface area contributed by atoms with E-state index in [0.717, 1.165) is 37.6 Å². The van der Waals surface area contributed by atoms with Gasteiger partial charge in [0.25, 0.3) is 0 Å². The summed E-state index contributed by atoms with van der Waals surface area (Å²) in [4.78, 5) is 2.40. The highest BCUT2D eigenvalue weighted by Crippen LogP contribution is 2.28. The van der Waals surface area contributed by atoms with Gasteiger partial charge in [-0.25, -0.2) is 0 Å². The lowest BCUT2D eigenvalue weighted by molar-refractivity contribution is 0.201. The molecule has 1 aromatic carbocycles. The Kier molecular flexibility index (Phi) is 4.44. The Hall–Kier alpha value is -1.26. The van der Waals surface area contributed by atoms with E-state index in [2.05, 4.69) is 11.0 Å². The molecule has 1 aliphatic rings. The molecule has 1 atom stereocenters. The van der Waals surface area contributed by atoms with Gasteiger partial charge in [-0.1, -0.05) is 6.07 Å². The number of rotatable bonds is 4. The van der Waals surface area contributed by atoms with Crippen LogP contribution in [0.3, 0.4) is 0 Å². The van der Waals surface area contributed by atoms with E-state index in [-0.39, 0.29) is 0 Å². The maximum absolute atomic E-state index is 5.99. The third-order valence-corrected chi connectivity index (χ3v) is 3.40. The molecule has 0 amide bonds. The molecule has 1 fully saturated rings. The highest BCUT2D eigenvalue weighted by atomic mass is 16.5. The first kappa shape index (κ1) is 13.2. The molecule has 1 aromatic rings. The van der Waals surface area contributed by atoms with Gasteiger partial charge in [-0.2, -0.15) is 0 Å². The summed E-state index contributed by atoms with van der Waals surface area (Å²) in [5.74, 6) is 1.56. The number of nitrogens with zero attached hydrogens (tertiary/aromatic N) is 1. The molecular formula is C14H22N2O2. The predicted octanol–water partition coefficient (Wildman–Crippen LogP) is 1.63. The van der Waals surface area contributed by atoms with Crippen LogP contribution in [0.1, 0.15) is 18.4 Å². The van der Waals surface area contributed by atoms with Gasteiger partial charge in [-0.3, -0.25) is 4.90 Å². The van der Waals surface area contributed by atoms with Crippen LogP contribution >= 0.6 is 0 Å². The smallest absolute Gasteiger partial charge is 0.161 e. The largest absolute Gasteiger partial charge is 0.493 e. The molecule has 1 heterocycles. The first-order valence-corrected chi connectivity index (χ1v) is 6.41. The van der Waals surface area contributed by atoms with E-state index in [4.69, 9.17) is 15.2 Å². The second kappa shape index (κ2) is 6.07. The third kappa shape index (κ3) is 3.15. The fourth-order valence-corrected chi connectivity index (χ4v) is 2.47. The molecule has 100 valence electrons. The normalized spacial score (nSPS) is 20.7. The van der Waals surface area contributed by atoms with E-state index in [1.807, 2.05) is 12.1 Å². The Bertz CT molecular complexity index is 395. The standard InChI is InChI=1S/C14H22N2O2/c1-17-13-6-5-11(8-14(13)18-2)9-16-7-3-4-12(15)10-16/h5-6,8,12H,3-4,7,9-10,15H2,1-2H3. The van der Waals surface area contributed by atoms with E-state index in [0.29, 0.717) is 6.04 Å². The van der Waals surface area contributed by atoms with Gasteiger partial charge in [0.1, 0.15) is 0 Å². The fourth-order valence-electron chi connectivity index (χ4n) is 2.47. The Balaban J connectivity index is 2.04. The van der Waals surface area contributed by atoms with E-state index in [9.17, 15) is 0 Å². The predicted molar refractivity (Wildman–Crippen MR) is 72.0 cm³/mol. The van der Waals surface area contributed by atoms with Crippen LogP contribution in [-0.2, 0) is 6.54 Å². The minimum absolute atomic E-state index is 0.318. The Labute approximate surface area is 109 Å². The van der Waals surface area contributed by atoms with Crippen molar-refractivity contribution in [2.75, 3.05) is 27.3 Å². The van der Waals surface area contributed by atoms with Crippen LogP contribution < -0.4 is 15.2 Å². The summed E-state index contributed by atoms with van der Waals surface area (Å²) in [6, 6.07) is 6.40. The molecular weight excluding hydrogens is 228 g/mol. The third-order valence-electron chi connectivity index (χ3n) is 3.40. The molecule has 0 spiro atoms. The number of benzene rings is 1. The molecule has 1 unspecified atom stereocenters. The lowest BCUT2D eigenvalue weighted by atomic mass is 10.1. The number of hydrogen-bond acceptors (Lipinski definition) is 4. The molecule has 2 N–H and O–H groups in total. The summed E-state index contributed by atoms with van der Waals surface area (Å²) >= 11 is 0. The van der Waals surface area contributed by atoms with Crippen molar-refractivity contribution in [2.24, 2.45) is 5.73 Å². The highest BCUT2D eigenvalue weighted by Gasteiger charge is 2.17. The number of hydrogen-bond donors (Lipinski definition) is 1.